The van der Waals surface area contributed by atoms with Crippen molar-refractivity contribution in [3.05, 3.63) is 0 Å². The van der Waals surface area contributed by atoms with E-state index in [2.05, 4.69) is 26.1 Å². The van der Waals surface area contributed by atoms with Crippen LogP contribution in [-0.2, 0) is 9.47 Å². The van der Waals surface area contributed by atoms with E-state index >= 15 is 0 Å². The molecule has 0 aromatic carbocycles. The van der Waals surface area contributed by atoms with Crippen molar-refractivity contribution in [1.82, 2.24) is 5.32 Å². The van der Waals surface area contributed by atoms with E-state index in [9.17, 15) is 0 Å². The third-order valence-electron chi connectivity index (χ3n) is 4.90. The summed E-state index contributed by atoms with van der Waals surface area (Å²) in [5, 5.41) is 3.75. The Labute approximate surface area is 118 Å². The van der Waals surface area contributed by atoms with Gasteiger partial charge in [-0.25, -0.2) is 0 Å². The molecule has 0 aliphatic carbocycles. The van der Waals surface area contributed by atoms with Crippen LogP contribution in [0.25, 0.3) is 0 Å². The number of ether oxygens (including phenoxy) is 2. The van der Waals surface area contributed by atoms with Gasteiger partial charge in [-0.1, -0.05) is 27.2 Å². The van der Waals surface area contributed by atoms with Crippen LogP contribution in [0.4, 0.5) is 0 Å². The van der Waals surface area contributed by atoms with Crippen molar-refractivity contribution in [1.29, 1.82) is 0 Å². The number of hydrogen-bond acceptors (Lipinski definition) is 3. The van der Waals surface area contributed by atoms with Crippen LogP contribution >= 0.6 is 0 Å². The van der Waals surface area contributed by atoms with Gasteiger partial charge in [0.1, 0.15) is 0 Å². The molecule has 19 heavy (non-hydrogen) atoms. The van der Waals surface area contributed by atoms with Crippen LogP contribution in [0.2, 0.25) is 0 Å². The molecule has 0 amide bonds. The Hall–Kier alpha value is -0.120. The van der Waals surface area contributed by atoms with Crippen LogP contribution in [0, 0.1) is 11.8 Å². The molecular formula is C16H31NO2. The first-order valence-corrected chi connectivity index (χ1v) is 8.16. The molecule has 4 atom stereocenters. The van der Waals surface area contributed by atoms with Crippen molar-refractivity contribution in [2.45, 2.75) is 64.5 Å². The van der Waals surface area contributed by atoms with Crippen molar-refractivity contribution in [3.63, 3.8) is 0 Å². The van der Waals surface area contributed by atoms with E-state index in [1.54, 1.807) is 0 Å². The highest BCUT2D eigenvalue weighted by Gasteiger charge is 2.43. The summed E-state index contributed by atoms with van der Waals surface area (Å²) in [6, 6.07) is 0.645. The van der Waals surface area contributed by atoms with Crippen molar-refractivity contribution in [2.24, 2.45) is 11.8 Å². The molecule has 112 valence electrons. The molecule has 2 aliphatic rings. The fourth-order valence-electron chi connectivity index (χ4n) is 3.94. The maximum Gasteiger partial charge on any atom is 0.0939 e. The van der Waals surface area contributed by atoms with Crippen molar-refractivity contribution >= 4 is 0 Å². The molecule has 3 heteroatoms. The molecule has 2 aliphatic heterocycles. The average molecular weight is 269 g/mol. The van der Waals surface area contributed by atoms with E-state index < -0.39 is 0 Å². The second-order valence-electron chi connectivity index (χ2n) is 6.44. The van der Waals surface area contributed by atoms with Crippen LogP contribution in [0.1, 0.15) is 52.9 Å². The van der Waals surface area contributed by atoms with Crippen LogP contribution in [-0.4, -0.2) is 38.0 Å². The maximum atomic E-state index is 6.07. The fraction of sp³-hybridized carbons (Fsp3) is 1.00. The predicted octanol–water partition coefficient (Wildman–Crippen LogP) is 2.99. The molecule has 2 fully saturated rings. The molecule has 0 saturated carbocycles. The van der Waals surface area contributed by atoms with Gasteiger partial charge in [-0.3, -0.25) is 0 Å². The van der Waals surface area contributed by atoms with Gasteiger partial charge >= 0.3 is 0 Å². The molecule has 2 heterocycles. The number of nitrogens with one attached hydrogen (secondary N) is 1. The highest BCUT2D eigenvalue weighted by Crippen LogP contribution is 2.38. The molecular weight excluding hydrogens is 238 g/mol. The molecule has 2 saturated heterocycles. The molecule has 4 unspecified atom stereocenters. The third kappa shape index (κ3) is 3.71. The summed E-state index contributed by atoms with van der Waals surface area (Å²) >= 11 is 0. The van der Waals surface area contributed by atoms with E-state index in [1.165, 1.54) is 25.7 Å². The predicted molar refractivity (Wildman–Crippen MR) is 78.4 cm³/mol. The van der Waals surface area contributed by atoms with Gasteiger partial charge in [0, 0.05) is 25.7 Å². The zero-order valence-electron chi connectivity index (χ0n) is 12.9. The summed E-state index contributed by atoms with van der Waals surface area (Å²) in [5.74, 6) is 1.50. The first kappa shape index (κ1) is 15.3. The Balaban J connectivity index is 1.99. The summed E-state index contributed by atoms with van der Waals surface area (Å²) in [5.41, 5.74) is 0.0442. The minimum Gasteiger partial charge on any atom is -0.378 e. The van der Waals surface area contributed by atoms with Gasteiger partial charge in [-0.15, -0.1) is 0 Å². The van der Waals surface area contributed by atoms with E-state index in [-0.39, 0.29) is 5.60 Å². The summed E-state index contributed by atoms with van der Waals surface area (Å²) < 4.78 is 11.7. The Bertz CT molecular complexity index is 263. The first-order valence-electron chi connectivity index (χ1n) is 8.16. The third-order valence-corrected chi connectivity index (χ3v) is 4.90. The van der Waals surface area contributed by atoms with E-state index in [4.69, 9.17) is 9.47 Å². The Morgan fingerprint density at radius 3 is 2.79 bits per heavy atom. The van der Waals surface area contributed by atoms with Gasteiger partial charge in [0.25, 0.3) is 0 Å². The van der Waals surface area contributed by atoms with Gasteiger partial charge in [0.05, 0.1) is 12.2 Å². The minimum atomic E-state index is 0.0442. The normalized spacial score (nSPS) is 34.6. The molecule has 2 rings (SSSR count). The van der Waals surface area contributed by atoms with Gasteiger partial charge in [-0.2, -0.15) is 0 Å². The Morgan fingerprint density at radius 2 is 2.16 bits per heavy atom. The lowest BCUT2D eigenvalue weighted by molar-refractivity contribution is -0.105. The summed E-state index contributed by atoms with van der Waals surface area (Å²) in [6.45, 7) is 10.6. The first-order chi connectivity index (χ1) is 9.21. The van der Waals surface area contributed by atoms with Crippen LogP contribution in [0.5, 0.6) is 0 Å². The average Bonchev–Trinajstić information content (AvgIpc) is 2.84. The monoisotopic (exact) mass is 269 g/mol. The zero-order valence-corrected chi connectivity index (χ0v) is 12.9. The quantitative estimate of drug-likeness (QED) is 0.804. The number of hydrogen-bond donors (Lipinski definition) is 1. The van der Waals surface area contributed by atoms with Crippen molar-refractivity contribution in [2.75, 3.05) is 26.4 Å². The summed E-state index contributed by atoms with van der Waals surface area (Å²) in [6.07, 6.45) is 6.07. The van der Waals surface area contributed by atoms with Crippen molar-refractivity contribution in [3.8, 4) is 0 Å². The second kappa shape index (κ2) is 7.05. The second-order valence-corrected chi connectivity index (χ2v) is 6.44. The number of rotatable bonds is 6. The van der Waals surface area contributed by atoms with Gasteiger partial charge in [0.15, 0.2) is 0 Å². The summed E-state index contributed by atoms with van der Waals surface area (Å²) in [7, 11) is 0. The van der Waals surface area contributed by atoms with E-state index in [0.29, 0.717) is 6.04 Å². The Morgan fingerprint density at radius 1 is 1.32 bits per heavy atom. The zero-order chi connectivity index (χ0) is 13.7. The standard InChI is InChI=1S/C16H31NO2/c1-4-6-13(3)15(17-5-2)14-7-9-19-16(11-14)8-10-18-12-16/h13-15,17H,4-12H2,1-3H3. The Kier molecular flexibility index (Phi) is 5.67. The lowest BCUT2D eigenvalue weighted by atomic mass is 9.76. The van der Waals surface area contributed by atoms with Gasteiger partial charge in [0.2, 0.25) is 0 Å². The highest BCUT2D eigenvalue weighted by molar-refractivity contribution is 4.94. The van der Waals surface area contributed by atoms with Crippen LogP contribution in [0.15, 0.2) is 0 Å². The van der Waals surface area contributed by atoms with Crippen molar-refractivity contribution < 1.29 is 9.47 Å². The molecule has 1 N–H and O–H groups in total. The van der Waals surface area contributed by atoms with Crippen LogP contribution < -0.4 is 5.32 Å². The molecule has 0 aromatic heterocycles. The van der Waals surface area contributed by atoms with Gasteiger partial charge < -0.3 is 14.8 Å². The topological polar surface area (TPSA) is 30.5 Å². The lowest BCUT2D eigenvalue weighted by Gasteiger charge is -2.42. The van der Waals surface area contributed by atoms with E-state index in [1.807, 2.05) is 0 Å². The highest BCUT2D eigenvalue weighted by atomic mass is 16.6. The SMILES string of the molecule is CCCC(C)C(NCC)C1CCOC2(CCOC2)C1. The molecule has 3 nitrogen and oxygen atoms in total. The fourth-order valence-corrected chi connectivity index (χ4v) is 3.94. The molecule has 0 radical (unpaired) electrons. The molecule has 1 spiro atoms. The molecule has 0 aromatic rings. The van der Waals surface area contributed by atoms with Gasteiger partial charge in [-0.05, 0) is 37.6 Å². The maximum absolute atomic E-state index is 6.07. The minimum absolute atomic E-state index is 0.0442. The van der Waals surface area contributed by atoms with E-state index in [0.717, 1.165) is 44.6 Å². The summed E-state index contributed by atoms with van der Waals surface area (Å²) in [4.78, 5) is 0. The lowest BCUT2D eigenvalue weighted by Crippen LogP contribution is -2.49. The van der Waals surface area contributed by atoms with Crippen LogP contribution in [0.3, 0.4) is 0 Å². The molecule has 0 bridgehead atoms. The smallest absolute Gasteiger partial charge is 0.0939 e. The largest absolute Gasteiger partial charge is 0.378 e.